The van der Waals surface area contributed by atoms with Crippen molar-refractivity contribution in [3.8, 4) is 0 Å². The quantitative estimate of drug-likeness (QED) is 0.871. The van der Waals surface area contributed by atoms with Crippen molar-refractivity contribution in [3.05, 3.63) is 17.5 Å². The first kappa shape index (κ1) is 13.1. The van der Waals surface area contributed by atoms with E-state index in [0.29, 0.717) is 12.1 Å². The second kappa shape index (κ2) is 5.63. The van der Waals surface area contributed by atoms with Crippen LogP contribution in [0.1, 0.15) is 56.3 Å². The third kappa shape index (κ3) is 2.84. The molecule has 0 radical (unpaired) electrons. The summed E-state index contributed by atoms with van der Waals surface area (Å²) < 4.78 is 2.05. The molecule has 0 spiro atoms. The van der Waals surface area contributed by atoms with Crippen molar-refractivity contribution in [3.63, 3.8) is 0 Å². The van der Waals surface area contributed by atoms with Gasteiger partial charge in [0.2, 0.25) is 0 Å². The van der Waals surface area contributed by atoms with Crippen LogP contribution in [-0.2, 0) is 13.5 Å². The third-order valence-corrected chi connectivity index (χ3v) is 4.66. The number of hydrogen-bond acceptors (Lipinski definition) is 3. The van der Waals surface area contributed by atoms with Crippen molar-refractivity contribution in [1.29, 1.82) is 0 Å². The number of nitrogens with one attached hydrogen (secondary N) is 2. The van der Waals surface area contributed by atoms with E-state index in [0.717, 1.165) is 6.04 Å². The SMILES string of the molecule is CC(CC1CCCN1)NC1CCCc2c1cnn2C. The van der Waals surface area contributed by atoms with Crippen LogP contribution in [0.4, 0.5) is 0 Å². The molecule has 4 heteroatoms. The average Bonchev–Trinajstić information content (AvgIpc) is 3.01. The maximum Gasteiger partial charge on any atom is 0.0540 e. The van der Waals surface area contributed by atoms with Crippen molar-refractivity contribution in [1.82, 2.24) is 20.4 Å². The van der Waals surface area contributed by atoms with E-state index in [9.17, 15) is 0 Å². The Kier molecular flexibility index (Phi) is 3.89. The van der Waals surface area contributed by atoms with Gasteiger partial charge in [-0.2, -0.15) is 5.10 Å². The van der Waals surface area contributed by atoms with Gasteiger partial charge in [0.25, 0.3) is 0 Å². The molecule has 0 saturated carbocycles. The summed E-state index contributed by atoms with van der Waals surface area (Å²) in [5.41, 5.74) is 2.86. The molecule has 3 atom stereocenters. The van der Waals surface area contributed by atoms with Crippen molar-refractivity contribution in [2.75, 3.05) is 6.54 Å². The fraction of sp³-hybridized carbons (Fsp3) is 0.800. The zero-order chi connectivity index (χ0) is 13.2. The van der Waals surface area contributed by atoms with Gasteiger partial charge in [0, 0.05) is 36.4 Å². The molecular formula is C15H26N4. The molecule has 1 saturated heterocycles. The average molecular weight is 262 g/mol. The second-order valence-corrected chi connectivity index (χ2v) is 6.21. The lowest BCUT2D eigenvalue weighted by molar-refractivity contribution is 0.366. The first-order valence-electron chi connectivity index (χ1n) is 7.74. The van der Waals surface area contributed by atoms with Gasteiger partial charge in [-0.25, -0.2) is 0 Å². The number of aromatic nitrogens is 2. The maximum atomic E-state index is 4.42. The largest absolute Gasteiger partial charge is 0.314 e. The first-order valence-corrected chi connectivity index (χ1v) is 7.74. The summed E-state index contributed by atoms with van der Waals surface area (Å²) in [5.74, 6) is 0. The zero-order valence-corrected chi connectivity index (χ0v) is 12.2. The van der Waals surface area contributed by atoms with Crippen molar-refractivity contribution in [2.45, 2.75) is 63.6 Å². The lowest BCUT2D eigenvalue weighted by Gasteiger charge is -2.28. The molecular weight excluding hydrogens is 236 g/mol. The summed E-state index contributed by atoms with van der Waals surface area (Å²) in [6, 6.07) is 1.81. The van der Waals surface area contributed by atoms with E-state index in [4.69, 9.17) is 0 Å². The summed E-state index contributed by atoms with van der Waals surface area (Å²) in [4.78, 5) is 0. The summed E-state index contributed by atoms with van der Waals surface area (Å²) in [6.45, 7) is 3.53. The summed E-state index contributed by atoms with van der Waals surface area (Å²) in [7, 11) is 2.06. The molecule has 1 aliphatic heterocycles. The molecule has 0 bridgehead atoms. The Morgan fingerprint density at radius 2 is 2.37 bits per heavy atom. The summed E-state index contributed by atoms with van der Waals surface area (Å²) in [5, 5.41) is 11.8. The molecule has 3 rings (SSSR count). The lowest BCUT2D eigenvalue weighted by Crippen LogP contribution is -2.37. The van der Waals surface area contributed by atoms with Crippen LogP contribution in [-0.4, -0.2) is 28.4 Å². The molecule has 0 amide bonds. The molecule has 0 aromatic carbocycles. The Morgan fingerprint density at radius 3 is 3.16 bits per heavy atom. The van der Waals surface area contributed by atoms with Crippen molar-refractivity contribution >= 4 is 0 Å². The van der Waals surface area contributed by atoms with E-state index < -0.39 is 0 Å². The standard InChI is InChI=1S/C15H26N4/c1-11(9-12-5-4-8-16-12)18-14-6-3-7-15-13(14)10-17-19(15)2/h10-12,14,16,18H,3-9H2,1-2H3. The molecule has 2 N–H and O–H groups in total. The molecule has 19 heavy (non-hydrogen) atoms. The highest BCUT2D eigenvalue weighted by molar-refractivity contribution is 5.24. The number of rotatable bonds is 4. The van der Waals surface area contributed by atoms with E-state index in [-0.39, 0.29) is 0 Å². The highest BCUT2D eigenvalue weighted by Crippen LogP contribution is 2.29. The smallest absolute Gasteiger partial charge is 0.0540 e. The number of hydrogen-bond donors (Lipinski definition) is 2. The molecule has 1 aliphatic carbocycles. The molecule has 4 nitrogen and oxygen atoms in total. The highest BCUT2D eigenvalue weighted by atomic mass is 15.3. The summed E-state index contributed by atoms with van der Waals surface area (Å²) in [6.07, 6.45) is 9.70. The van der Waals surface area contributed by atoms with E-state index >= 15 is 0 Å². The molecule has 1 aromatic heterocycles. The van der Waals surface area contributed by atoms with Gasteiger partial charge >= 0.3 is 0 Å². The van der Waals surface area contributed by atoms with Crippen LogP contribution >= 0.6 is 0 Å². The third-order valence-electron chi connectivity index (χ3n) is 4.66. The van der Waals surface area contributed by atoms with Crippen LogP contribution in [0.5, 0.6) is 0 Å². The van der Waals surface area contributed by atoms with Crippen LogP contribution in [0.3, 0.4) is 0 Å². The van der Waals surface area contributed by atoms with Gasteiger partial charge in [0.15, 0.2) is 0 Å². The Labute approximate surface area is 116 Å². The normalized spacial score (nSPS) is 28.3. The zero-order valence-electron chi connectivity index (χ0n) is 12.2. The van der Waals surface area contributed by atoms with Crippen LogP contribution < -0.4 is 10.6 Å². The van der Waals surface area contributed by atoms with Gasteiger partial charge in [-0.15, -0.1) is 0 Å². The van der Waals surface area contributed by atoms with Crippen LogP contribution in [0.2, 0.25) is 0 Å². The van der Waals surface area contributed by atoms with E-state index in [1.54, 1.807) is 0 Å². The van der Waals surface area contributed by atoms with Gasteiger partial charge < -0.3 is 10.6 Å². The van der Waals surface area contributed by atoms with Gasteiger partial charge in [-0.05, 0) is 52.0 Å². The van der Waals surface area contributed by atoms with Crippen LogP contribution in [0.25, 0.3) is 0 Å². The van der Waals surface area contributed by atoms with Crippen molar-refractivity contribution in [2.24, 2.45) is 7.05 Å². The van der Waals surface area contributed by atoms with Gasteiger partial charge in [-0.1, -0.05) is 0 Å². The minimum atomic E-state index is 0.508. The minimum Gasteiger partial charge on any atom is -0.314 e. The predicted molar refractivity (Wildman–Crippen MR) is 77.1 cm³/mol. The number of fused-ring (bicyclic) bond motifs is 1. The van der Waals surface area contributed by atoms with Crippen LogP contribution in [0.15, 0.2) is 6.20 Å². The summed E-state index contributed by atoms with van der Waals surface area (Å²) >= 11 is 0. The molecule has 106 valence electrons. The molecule has 3 unspecified atom stereocenters. The van der Waals surface area contributed by atoms with Crippen LogP contribution in [0, 0.1) is 0 Å². The molecule has 2 heterocycles. The van der Waals surface area contributed by atoms with E-state index in [2.05, 4.69) is 35.9 Å². The fourth-order valence-electron chi connectivity index (χ4n) is 3.68. The topological polar surface area (TPSA) is 41.9 Å². The monoisotopic (exact) mass is 262 g/mol. The number of nitrogens with zero attached hydrogens (tertiary/aromatic N) is 2. The Morgan fingerprint density at radius 1 is 1.47 bits per heavy atom. The second-order valence-electron chi connectivity index (χ2n) is 6.21. The predicted octanol–water partition coefficient (Wildman–Crippen LogP) is 1.92. The first-order chi connectivity index (χ1) is 9.24. The minimum absolute atomic E-state index is 0.508. The van der Waals surface area contributed by atoms with Gasteiger partial charge in [0.1, 0.15) is 0 Å². The molecule has 1 aromatic rings. The van der Waals surface area contributed by atoms with Gasteiger partial charge in [0.05, 0.1) is 6.20 Å². The van der Waals surface area contributed by atoms with E-state index in [1.165, 1.54) is 56.3 Å². The Balaban J connectivity index is 1.60. The molecule has 2 aliphatic rings. The molecule has 1 fully saturated rings. The van der Waals surface area contributed by atoms with E-state index in [1.807, 2.05) is 4.68 Å². The highest BCUT2D eigenvalue weighted by Gasteiger charge is 2.25. The lowest BCUT2D eigenvalue weighted by atomic mass is 9.92. The Bertz CT molecular complexity index is 420. The number of aryl methyl sites for hydroxylation is 1. The van der Waals surface area contributed by atoms with Crippen molar-refractivity contribution < 1.29 is 0 Å². The Hall–Kier alpha value is -0.870. The fourth-order valence-corrected chi connectivity index (χ4v) is 3.68. The maximum absolute atomic E-state index is 4.42. The van der Waals surface area contributed by atoms with Gasteiger partial charge in [-0.3, -0.25) is 4.68 Å².